The fourth-order valence-corrected chi connectivity index (χ4v) is 2.82. The van der Waals surface area contributed by atoms with Crippen molar-refractivity contribution in [2.45, 2.75) is 6.92 Å². The van der Waals surface area contributed by atoms with Gasteiger partial charge in [-0.05, 0) is 35.9 Å². The fourth-order valence-electron chi connectivity index (χ4n) is 2.82. The molecule has 21 heavy (non-hydrogen) atoms. The van der Waals surface area contributed by atoms with Crippen LogP contribution in [0.15, 0.2) is 67.0 Å². The number of benzene rings is 2. The molecule has 0 unspecified atom stereocenters. The van der Waals surface area contributed by atoms with E-state index in [0.29, 0.717) is 0 Å². The van der Waals surface area contributed by atoms with Crippen LogP contribution in [0.4, 0.5) is 0 Å². The first-order valence-electron chi connectivity index (χ1n) is 7.07. The van der Waals surface area contributed by atoms with Gasteiger partial charge >= 0.3 is 0 Å². The van der Waals surface area contributed by atoms with E-state index in [1.54, 1.807) is 0 Å². The molecule has 1 N–H and O–H groups in total. The van der Waals surface area contributed by atoms with Gasteiger partial charge in [-0.1, -0.05) is 30.3 Å². The van der Waals surface area contributed by atoms with Crippen molar-refractivity contribution >= 4 is 21.5 Å². The minimum atomic E-state index is 1.03. The van der Waals surface area contributed by atoms with E-state index < -0.39 is 0 Å². The average Bonchev–Trinajstić information content (AvgIpc) is 2.54. The van der Waals surface area contributed by atoms with Gasteiger partial charge in [-0.3, -0.25) is 4.98 Å². The SMILES string of the molecule is Cc1cc(-c2cc3c(ccc4ccccc43)c[nH+]2)ccn1. The van der Waals surface area contributed by atoms with Crippen LogP contribution in [0.5, 0.6) is 0 Å². The van der Waals surface area contributed by atoms with Crippen LogP contribution in [0.2, 0.25) is 0 Å². The molecule has 0 fully saturated rings. The highest BCUT2D eigenvalue weighted by molar-refractivity contribution is 6.07. The summed E-state index contributed by atoms with van der Waals surface area (Å²) in [5, 5.41) is 5.06. The van der Waals surface area contributed by atoms with E-state index in [1.807, 2.05) is 19.2 Å². The Bertz CT molecular complexity index is 958. The molecule has 0 atom stereocenters. The van der Waals surface area contributed by atoms with Crippen LogP contribution in [0.1, 0.15) is 5.69 Å². The van der Waals surface area contributed by atoms with Crippen molar-refractivity contribution in [2.24, 2.45) is 0 Å². The quantitative estimate of drug-likeness (QED) is 0.477. The maximum atomic E-state index is 4.26. The van der Waals surface area contributed by atoms with E-state index in [2.05, 4.69) is 64.7 Å². The molecule has 0 saturated heterocycles. The lowest BCUT2D eigenvalue weighted by Gasteiger charge is -2.03. The minimum absolute atomic E-state index is 1.03. The van der Waals surface area contributed by atoms with Crippen molar-refractivity contribution in [3.8, 4) is 11.3 Å². The van der Waals surface area contributed by atoms with Gasteiger partial charge in [-0.25, -0.2) is 4.98 Å². The number of fused-ring (bicyclic) bond motifs is 3. The maximum absolute atomic E-state index is 4.26. The predicted molar refractivity (Wildman–Crippen MR) is 86.0 cm³/mol. The zero-order valence-electron chi connectivity index (χ0n) is 11.8. The summed E-state index contributed by atoms with van der Waals surface area (Å²) >= 11 is 0. The Kier molecular flexibility index (Phi) is 2.68. The Balaban J connectivity index is 2.02. The smallest absolute Gasteiger partial charge is 0.211 e. The zero-order valence-corrected chi connectivity index (χ0v) is 11.8. The molecule has 0 aliphatic carbocycles. The van der Waals surface area contributed by atoms with Crippen LogP contribution in [-0.4, -0.2) is 4.98 Å². The number of aromatic amines is 1. The number of hydrogen-bond acceptors (Lipinski definition) is 1. The lowest BCUT2D eigenvalue weighted by molar-refractivity contribution is -0.362. The normalized spacial score (nSPS) is 11.1. The van der Waals surface area contributed by atoms with E-state index in [0.717, 1.165) is 17.0 Å². The molecule has 0 radical (unpaired) electrons. The summed E-state index contributed by atoms with van der Waals surface area (Å²) in [6.07, 6.45) is 3.93. The van der Waals surface area contributed by atoms with E-state index in [4.69, 9.17) is 0 Å². The van der Waals surface area contributed by atoms with Gasteiger partial charge in [-0.15, -0.1) is 0 Å². The minimum Gasteiger partial charge on any atom is -0.262 e. The second-order valence-electron chi connectivity index (χ2n) is 5.32. The molecule has 2 heteroatoms. The van der Waals surface area contributed by atoms with Crippen LogP contribution < -0.4 is 4.98 Å². The van der Waals surface area contributed by atoms with Crippen LogP contribution >= 0.6 is 0 Å². The molecule has 4 rings (SSSR count). The number of aromatic nitrogens is 2. The van der Waals surface area contributed by atoms with Gasteiger partial charge in [0.05, 0.1) is 0 Å². The Labute approximate surface area is 123 Å². The third-order valence-corrected chi connectivity index (χ3v) is 3.88. The molecular formula is C19H15N2+. The molecule has 4 aromatic rings. The summed E-state index contributed by atoms with van der Waals surface area (Å²) in [6.45, 7) is 2.01. The lowest BCUT2D eigenvalue weighted by Crippen LogP contribution is -2.06. The number of rotatable bonds is 1. The molecule has 0 aliphatic heterocycles. The van der Waals surface area contributed by atoms with Crippen LogP contribution in [-0.2, 0) is 0 Å². The van der Waals surface area contributed by atoms with E-state index in [1.165, 1.54) is 21.5 Å². The molecule has 0 saturated carbocycles. The zero-order chi connectivity index (χ0) is 14.2. The molecule has 0 bridgehead atoms. The van der Waals surface area contributed by atoms with Crippen LogP contribution in [0.3, 0.4) is 0 Å². The lowest BCUT2D eigenvalue weighted by atomic mass is 10.0. The highest BCUT2D eigenvalue weighted by atomic mass is 14.7. The third-order valence-electron chi connectivity index (χ3n) is 3.88. The molecule has 2 aromatic heterocycles. The molecule has 0 spiro atoms. The summed E-state index contributed by atoms with van der Waals surface area (Å²) in [7, 11) is 0. The molecule has 100 valence electrons. The Morgan fingerprint density at radius 2 is 1.71 bits per heavy atom. The number of hydrogen-bond donors (Lipinski definition) is 0. The molecular weight excluding hydrogens is 256 g/mol. The van der Waals surface area contributed by atoms with Crippen molar-refractivity contribution < 1.29 is 4.98 Å². The van der Waals surface area contributed by atoms with Crippen LogP contribution in [0, 0.1) is 6.92 Å². The van der Waals surface area contributed by atoms with Crippen molar-refractivity contribution in [2.75, 3.05) is 0 Å². The fraction of sp³-hybridized carbons (Fsp3) is 0.0526. The first-order valence-corrected chi connectivity index (χ1v) is 7.07. The Morgan fingerprint density at radius 3 is 2.62 bits per heavy atom. The van der Waals surface area contributed by atoms with Crippen molar-refractivity contribution in [3.05, 3.63) is 72.7 Å². The standard InChI is InChI=1S/C19H14N2/c1-13-10-15(8-9-20-13)19-11-18-16(12-21-19)7-6-14-4-2-3-5-17(14)18/h2-12H,1H3/p+1. The van der Waals surface area contributed by atoms with Gasteiger partial charge < -0.3 is 0 Å². The summed E-state index contributed by atoms with van der Waals surface area (Å²) in [5.41, 5.74) is 3.31. The summed E-state index contributed by atoms with van der Waals surface area (Å²) < 4.78 is 0. The van der Waals surface area contributed by atoms with Crippen molar-refractivity contribution in [1.82, 2.24) is 4.98 Å². The maximum Gasteiger partial charge on any atom is 0.211 e. The highest BCUT2D eigenvalue weighted by Gasteiger charge is 2.09. The van der Waals surface area contributed by atoms with Crippen molar-refractivity contribution in [1.29, 1.82) is 0 Å². The van der Waals surface area contributed by atoms with E-state index >= 15 is 0 Å². The Hall–Kier alpha value is -2.74. The summed E-state index contributed by atoms with van der Waals surface area (Å²) in [4.78, 5) is 7.66. The van der Waals surface area contributed by atoms with Gasteiger partial charge in [0.2, 0.25) is 5.69 Å². The number of H-pyrrole nitrogens is 1. The van der Waals surface area contributed by atoms with Crippen LogP contribution in [0.25, 0.3) is 32.8 Å². The molecule has 2 aromatic carbocycles. The molecule has 0 aliphatic rings. The van der Waals surface area contributed by atoms with Gasteiger partial charge in [0.25, 0.3) is 0 Å². The number of nitrogens with one attached hydrogen (secondary N) is 1. The Morgan fingerprint density at radius 1 is 0.857 bits per heavy atom. The molecule has 2 heterocycles. The van der Waals surface area contributed by atoms with E-state index in [-0.39, 0.29) is 0 Å². The second kappa shape index (κ2) is 4.67. The van der Waals surface area contributed by atoms with E-state index in [9.17, 15) is 0 Å². The topological polar surface area (TPSA) is 27.0 Å². The summed E-state index contributed by atoms with van der Waals surface area (Å²) in [6, 6.07) is 19.2. The first kappa shape index (κ1) is 12.0. The highest BCUT2D eigenvalue weighted by Crippen LogP contribution is 2.26. The number of pyridine rings is 2. The monoisotopic (exact) mass is 271 g/mol. The van der Waals surface area contributed by atoms with Gasteiger partial charge in [0.1, 0.15) is 0 Å². The average molecular weight is 271 g/mol. The van der Waals surface area contributed by atoms with Gasteiger partial charge in [0, 0.05) is 34.3 Å². The predicted octanol–water partition coefficient (Wildman–Crippen LogP) is 4.18. The largest absolute Gasteiger partial charge is 0.262 e. The molecule has 0 amide bonds. The second-order valence-corrected chi connectivity index (χ2v) is 5.32. The molecule has 2 nitrogen and oxygen atoms in total. The summed E-state index contributed by atoms with van der Waals surface area (Å²) in [5.74, 6) is 0. The van der Waals surface area contributed by atoms with Gasteiger partial charge in [-0.2, -0.15) is 0 Å². The first-order chi connectivity index (χ1) is 10.3. The third kappa shape index (κ3) is 2.05. The van der Waals surface area contributed by atoms with Gasteiger partial charge in [0.15, 0.2) is 6.20 Å². The number of nitrogens with zero attached hydrogens (tertiary/aromatic N) is 1. The number of aryl methyl sites for hydroxylation is 1. The van der Waals surface area contributed by atoms with Crippen molar-refractivity contribution in [3.63, 3.8) is 0 Å².